The van der Waals surface area contributed by atoms with E-state index in [0.717, 1.165) is 32.5 Å². The standard InChI is InChI=1S/C12H20N4O/c1-13-9-11-3-7-15(8-4-11)12(17)10-16-6-2-5-14-16/h2,5-6,11,13H,3-4,7-10H2,1H3. The highest BCUT2D eigenvalue weighted by Gasteiger charge is 2.22. The zero-order valence-corrected chi connectivity index (χ0v) is 10.3. The summed E-state index contributed by atoms with van der Waals surface area (Å²) in [5, 5.41) is 7.25. The van der Waals surface area contributed by atoms with E-state index < -0.39 is 0 Å². The number of aromatic nitrogens is 2. The topological polar surface area (TPSA) is 50.2 Å². The number of nitrogens with one attached hydrogen (secondary N) is 1. The highest BCUT2D eigenvalue weighted by Crippen LogP contribution is 2.16. The Morgan fingerprint density at radius 2 is 2.24 bits per heavy atom. The van der Waals surface area contributed by atoms with Gasteiger partial charge in [-0.25, -0.2) is 0 Å². The lowest BCUT2D eigenvalue weighted by atomic mass is 9.97. The molecule has 0 saturated carbocycles. The summed E-state index contributed by atoms with van der Waals surface area (Å²) < 4.78 is 1.68. The second kappa shape index (κ2) is 5.82. The third-order valence-electron chi connectivity index (χ3n) is 3.32. The van der Waals surface area contributed by atoms with Crippen molar-refractivity contribution in [2.24, 2.45) is 5.92 Å². The lowest BCUT2D eigenvalue weighted by molar-refractivity contribution is -0.133. The van der Waals surface area contributed by atoms with Crippen LogP contribution in [0, 0.1) is 5.92 Å². The molecule has 1 aromatic rings. The fraction of sp³-hybridized carbons (Fsp3) is 0.667. The number of carbonyl (C=O) groups excluding carboxylic acids is 1. The third kappa shape index (κ3) is 3.30. The van der Waals surface area contributed by atoms with Crippen molar-refractivity contribution in [1.29, 1.82) is 0 Å². The molecule has 5 heteroatoms. The molecular formula is C12H20N4O. The molecule has 0 radical (unpaired) electrons. The average Bonchev–Trinajstić information content (AvgIpc) is 2.83. The first-order chi connectivity index (χ1) is 8.29. The van der Waals surface area contributed by atoms with Crippen molar-refractivity contribution >= 4 is 5.91 Å². The van der Waals surface area contributed by atoms with E-state index in [2.05, 4.69) is 10.4 Å². The number of likely N-dealkylation sites (tertiary alicyclic amines) is 1. The SMILES string of the molecule is CNCC1CCN(C(=O)Cn2cccn2)CC1. The van der Waals surface area contributed by atoms with Crippen LogP contribution in [-0.4, -0.2) is 47.3 Å². The van der Waals surface area contributed by atoms with Crippen LogP contribution >= 0.6 is 0 Å². The number of nitrogens with zero attached hydrogens (tertiary/aromatic N) is 3. The Labute approximate surface area is 102 Å². The summed E-state index contributed by atoms with van der Waals surface area (Å²) in [6.45, 7) is 3.18. The lowest BCUT2D eigenvalue weighted by Gasteiger charge is -2.31. The van der Waals surface area contributed by atoms with E-state index in [1.807, 2.05) is 24.2 Å². The van der Waals surface area contributed by atoms with Crippen LogP contribution in [0.4, 0.5) is 0 Å². The number of piperidine rings is 1. The van der Waals surface area contributed by atoms with Gasteiger partial charge in [-0.2, -0.15) is 5.10 Å². The minimum Gasteiger partial charge on any atom is -0.341 e. The molecule has 0 spiro atoms. The molecule has 1 fully saturated rings. The number of hydrogen-bond donors (Lipinski definition) is 1. The summed E-state index contributed by atoms with van der Waals surface area (Å²) in [5.41, 5.74) is 0. The molecule has 0 unspecified atom stereocenters. The molecule has 0 atom stereocenters. The molecule has 1 saturated heterocycles. The summed E-state index contributed by atoms with van der Waals surface area (Å²) in [7, 11) is 1.98. The quantitative estimate of drug-likeness (QED) is 0.820. The zero-order chi connectivity index (χ0) is 12.1. The van der Waals surface area contributed by atoms with E-state index in [1.54, 1.807) is 10.9 Å². The highest BCUT2D eigenvalue weighted by molar-refractivity contribution is 5.75. The first-order valence-electron chi connectivity index (χ1n) is 6.19. The second-order valence-electron chi connectivity index (χ2n) is 4.59. The maximum atomic E-state index is 12.0. The van der Waals surface area contributed by atoms with E-state index in [-0.39, 0.29) is 5.91 Å². The van der Waals surface area contributed by atoms with Gasteiger partial charge in [0.1, 0.15) is 6.54 Å². The Hall–Kier alpha value is -1.36. The molecule has 1 aliphatic rings. The molecule has 1 amide bonds. The van der Waals surface area contributed by atoms with Gasteiger partial charge in [0.2, 0.25) is 5.91 Å². The minimum absolute atomic E-state index is 0.177. The van der Waals surface area contributed by atoms with Crippen molar-refractivity contribution in [3.63, 3.8) is 0 Å². The Balaban J connectivity index is 1.78. The molecule has 5 nitrogen and oxygen atoms in total. The van der Waals surface area contributed by atoms with Crippen LogP contribution < -0.4 is 5.32 Å². The Bertz CT molecular complexity index is 341. The number of hydrogen-bond acceptors (Lipinski definition) is 3. The average molecular weight is 236 g/mol. The molecule has 94 valence electrons. The van der Waals surface area contributed by atoms with Gasteiger partial charge in [0.25, 0.3) is 0 Å². The molecule has 0 aliphatic carbocycles. The molecule has 1 aliphatic heterocycles. The van der Waals surface area contributed by atoms with Gasteiger partial charge in [0.05, 0.1) is 0 Å². The van der Waals surface area contributed by atoms with E-state index in [0.29, 0.717) is 12.5 Å². The van der Waals surface area contributed by atoms with Crippen LogP contribution in [0.15, 0.2) is 18.5 Å². The fourth-order valence-electron chi connectivity index (χ4n) is 2.31. The molecule has 2 rings (SSSR count). The van der Waals surface area contributed by atoms with E-state index >= 15 is 0 Å². The molecule has 0 bridgehead atoms. The van der Waals surface area contributed by atoms with Gasteiger partial charge < -0.3 is 10.2 Å². The van der Waals surface area contributed by atoms with Gasteiger partial charge in [-0.15, -0.1) is 0 Å². The maximum absolute atomic E-state index is 12.0. The maximum Gasteiger partial charge on any atom is 0.244 e. The summed E-state index contributed by atoms with van der Waals surface area (Å²) in [6.07, 6.45) is 5.73. The molecule has 1 aromatic heterocycles. The molecule has 2 heterocycles. The number of rotatable bonds is 4. The summed E-state index contributed by atoms with van der Waals surface area (Å²) in [5.74, 6) is 0.894. The van der Waals surface area contributed by atoms with Crippen molar-refractivity contribution in [2.45, 2.75) is 19.4 Å². The van der Waals surface area contributed by atoms with Crippen LogP contribution in [0.2, 0.25) is 0 Å². The number of carbonyl (C=O) groups is 1. The van der Waals surface area contributed by atoms with Crippen molar-refractivity contribution in [3.05, 3.63) is 18.5 Å². The van der Waals surface area contributed by atoms with Crippen LogP contribution in [-0.2, 0) is 11.3 Å². The smallest absolute Gasteiger partial charge is 0.244 e. The predicted octanol–water partition coefficient (Wildman–Crippen LogP) is 0.341. The Morgan fingerprint density at radius 1 is 1.47 bits per heavy atom. The van der Waals surface area contributed by atoms with Crippen molar-refractivity contribution in [3.8, 4) is 0 Å². The summed E-state index contributed by atoms with van der Waals surface area (Å²) in [4.78, 5) is 13.9. The van der Waals surface area contributed by atoms with Crippen molar-refractivity contribution in [1.82, 2.24) is 20.0 Å². The summed E-state index contributed by atoms with van der Waals surface area (Å²) in [6, 6.07) is 1.84. The first kappa shape index (κ1) is 12.1. The van der Waals surface area contributed by atoms with Crippen molar-refractivity contribution in [2.75, 3.05) is 26.7 Å². The molecule has 1 N–H and O–H groups in total. The third-order valence-corrected chi connectivity index (χ3v) is 3.32. The van der Waals surface area contributed by atoms with Crippen LogP contribution in [0.1, 0.15) is 12.8 Å². The van der Waals surface area contributed by atoms with Gasteiger partial charge in [-0.1, -0.05) is 0 Å². The van der Waals surface area contributed by atoms with Gasteiger partial charge in [-0.3, -0.25) is 9.48 Å². The summed E-state index contributed by atoms with van der Waals surface area (Å²) >= 11 is 0. The largest absolute Gasteiger partial charge is 0.341 e. The van der Waals surface area contributed by atoms with Gasteiger partial charge >= 0.3 is 0 Å². The van der Waals surface area contributed by atoms with E-state index in [4.69, 9.17) is 0 Å². The molecule has 17 heavy (non-hydrogen) atoms. The van der Waals surface area contributed by atoms with Crippen molar-refractivity contribution < 1.29 is 4.79 Å². The van der Waals surface area contributed by atoms with E-state index in [9.17, 15) is 4.79 Å². The Kier molecular flexibility index (Phi) is 4.14. The Morgan fingerprint density at radius 3 is 2.82 bits per heavy atom. The molecule has 0 aromatic carbocycles. The van der Waals surface area contributed by atoms with Gasteiger partial charge in [-0.05, 0) is 38.4 Å². The number of amides is 1. The predicted molar refractivity (Wildman–Crippen MR) is 65.5 cm³/mol. The monoisotopic (exact) mass is 236 g/mol. The van der Waals surface area contributed by atoms with Crippen LogP contribution in [0.25, 0.3) is 0 Å². The van der Waals surface area contributed by atoms with Gasteiger partial charge in [0, 0.05) is 25.5 Å². The van der Waals surface area contributed by atoms with Crippen LogP contribution in [0.5, 0.6) is 0 Å². The normalized spacial score (nSPS) is 17.4. The first-order valence-corrected chi connectivity index (χ1v) is 6.19. The second-order valence-corrected chi connectivity index (χ2v) is 4.59. The van der Waals surface area contributed by atoms with Crippen LogP contribution in [0.3, 0.4) is 0 Å². The van der Waals surface area contributed by atoms with Gasteiger partial charge in [0.15, 0.2) is 0 Å². The fourth-order valence-corrected chi connectivity index (χ4v) is 2.31. The zero-order valence-electron chi connectivity index (χ0n) is 10.3. The highest BCUT2D eigenvalue weighted by atomic mass is 16.2. The minimum atomic E-state index is 0.177. The lowest BCUT2D eigenvalue weighted by Crippen LogP contribution is -2.41. The molecular weight excluding hydrogens is 216 g/mol. The van der Waals surface area contributed by atoms with E-state index in [1.165, 1.54) is 0 Å².